The zero-order valence-corrected chi connectivity index (χ0v) is 17.8. The molecular formula is C21H24ClN3O5. The number of hydrogen-bond acceptors (Lipinski definition) is 6. The van der Waals surface area contributed by atoms with Crippen molar-refractivity contribution in [3.63, 3.8) is 0 Å². The minimum atomic E-state index is -0.943. The summed E-state index contributed by atoms with van der Waals surface area (Å²) < 4.78 is 16.3. The van der Waals surface area contributed by atoms with Gasteiger partial charge in [-0.05, 0) is 55.3 Å². The number of carbonyl (C=O) groups excluding carboxylic acids is 2. The molecule has 9 heteroatoms. The van der Waals surface area contributed by atoms with Gasteiger partial charge in [0.2, 0.25) is 0 Å². The summed E-state index contributed by atoms with van der Waals surface area (Å²) in [4.78, 5) is 24.1. The molecule has 2 aromatic carbocycles. The smallest absolute Gasteiger partial charge is 0.329 e. The molecule has 2 N–H and O–H groups in total. The fraction of sp³-hybridized carbons (Fsp3) is 0.286. The number of anilines is 1. The van der Waals surface area contributed by atoms with Crippen molar-refractivity contribution < 1.29 is 23.8 Å². The van der Waals surface area contributed by atoms with Crippen LogP contribution in [0, 0.1) is 0 Å². The van der Waals surface area contributed by atoms with Crippen LogP contribution < -0.4 is 25.0 Å². The highest BCUT2D eigenvalue weighted by molar-refractivity contribution is 6.40. The molecule has 0 spiro atoms. The minimum absolute atomic E-state index is 0.276. The van der Waals surface area contributed by atoms with E-state index in [1.807, 2.05) is 13.8 Å². The fourth-order valence-corrected chi connectivity index (χ4v) is 2.55. The summed E-state index contributed by atoms with van der Waals surface area (Å²) in [5.41, 5.74) is 3.12. The maximum Gasteiger partial charge on any atom is 0.329 e. The lowest BCUT2D eigenvalue weighted by atomic mass is 10.2. The molecule has 0 radical (unpaired) electrons. The van der Waals surface area contributed by atoms with Gasteiger partial charge in [0.15, 0.2) is 11.5 Å². The Balaban J connectivity index is 2.00. The second-order valence-electron chi connectivity index (χ2n) is 5.99. The van der Waals surface area contributed by atoms with Gasteiger partial charge in [0.1, 0.15) is 5.75 Å². The molecule has 0 aliphatic carbocycles. The highest BCUT2D eigenvalue weighted by Gasteiger charge is 2.15. The first kappa shape index (κ1) is 23.0. The third-order valence-electron chi connectivity index (χ3n) is 3.72. The summed E-state index contributed by atoms with van der Waals surface area (Å²) in [7, 11) is 1.44. The molecule has 8 nitrogen and oxygen atoms in total. The van der Waals surface area contributed by atoms with Crippen LogP contribution in [0.2, 0.25) is 5.02 Å². The predicted octanol–water partition coefficient (Wildman–Crippen LogP) is 3.62. The van der Waals surface area contributed by atoms with E-state index >= 15 is 0 Å². The van der Waals surface area contributed by atoms with Crippen LogP contribution in [0.15, 0.2) is 41.5 Å². The Hall–Kier alpha value is -3.26. The molecule has 30 heavy (non-hydrogen) atoms. The van der Waals surface area contributed by atoms with E-state index in [0.717, 1.165) is 6.42 Å². The van der Waals surface area contributed by atoms with Gasteiger partial charge in [0.05, 0.1) is 32.2 Å². The Morgan fingerprint density at radius 2 is 1.80 bits per heavy atom. The number of hydrazone groups is 1. The first-order valence-corrected chi connectivity index (χ1v) is 9.73. The van der Waals surface area contributed by atoms with E-state index < -0.39 is 11.8 Å². The summed E-state index contributed by atoms with van der Waals surface area (Å²) in [6.45, 7) is 4.95. The number of benzene rings is 2. The van der Waals surface area contributed by atoms with Crippen molar-refractivity contribution >= 4 is 35.3 Å². The van der Waals surface area contributed by atoms with Crippen LogP contribution in [-0.2, 0) is 9.59 Å². The monoisotopic (exact) mass is 433 g/mol. The molecule has 0 heterocycles. The van der Waals surface area contributed by atoms with Gasteiger partial charge < -0.3 is 19.5 Å². The molecule has 0 aliphatic rings. The number of halogens is 1. The summed E-state index contributed by atoms with van der Waals surface area (Å²) in [6.07, 6.45) is 2.28. The lowest BCUT2D eigenvalue weighted by molar-refractivity contribution is -0.136. The van der Waals surface area contributed by atoms with Crippen LogP contribution in [0.5, 0.6) is 17.2 Å². The molecule has 0 saturated heterocycles. The van der Waals surface area contributed by atoms with Crippen LogP contribution in [-0.4, -0.2) is 38.4 Å². The summed E-state index contributed by atoms with van der Waals surface area (Å²) in [5.74, 6) is -0.271. The maximum absolute atomic E-state index is 12.1. The number of hydrogen-bond donors (Lipinski definition) is 2. The first-order valence-electron chi connectivity index (χ1n) is 9.36. The van der Waals surface area contributed by atoms with E-state index in [4.69, 9.17) is 25.8 Å². The Kier molecular flexibility index (Phi) is 8.96. The average Bonchev–Trinajstić information content (AvgIpc) is 2.73. The Bertz CT molecular complexity index is 918. The average molecular weight is 434 g/mol. The molecule has 0 unspecified atom stereocenters. The van der Waals surface area contributed by atoms with Crippen LogP contribution >= 0.6 is 11.6 Å². The van der Waals surface area contributed by atoms with Crippen molar-refractivity contribution in [2.24, 2.45) is 5.10 Å². The standard InChI is InChI=1S/C21H24ClN3O5/c1-4-10-30-18-8-6-14(11-19(18)29-5-2)13-23-25-21(27)20(26)24-16-12-15(22)7-9-17(16)28-3/h6-9,11-13H,4-5,10H2,1-3H3,(H,24,26)(H,25,27)/b23-13-. The molecule has 0 fully saturated rings. The van der Waals surface area contributed by atoms with Crippen molar-refractivity contribution in [1.82, 2.24) is 5.43 Å². The first-order chi connectivity index (χ1) is 14.5. The SMILES string of the molecule is CCCOc1ccc(/C=N\NC(=O)C(=O)Nc2cc(Cl)ccc2OC)cc1OCC. The highest BCUT2D eigenvalue weighted by atomic mass is 35.5. The van der Waals surface area contributed by atoms with Crippen LogP contribution in [0.25, 0.3) is 0 Å². The Labute approximate surface area is 180 Å². The fourth-order valence-electron chi connectivity index (χ4n) is 2.38. The number of ether oxygens (including phenoxy) is 3. The summed E-state index contributed by atoms with van der Waals surface area (Å²) >= 11 is 5.91. The summed E-state index contributed by atoms with van der Waals surface area (Å²) in [6, 6.07) is 9.93. The van der Waals surface area contributed by atoms with Crippen molar-refractivity contribution in [2.75, 3.05) is 25.6 Å². The number of carbonyl (C=O) groups is 2. The zero-order valence-electron chi connectivity index (χ0n) is 17.0. The number of nitrogens with zero attached hydrogens (tertiary/aromatic N) is 1. The van der Waals surface area contributed by atoms with Gasteiger partial charge in [-0.15, -0.1) is 0 Å². The van der Waals surface area contributed by atoms with Crippen LogP contribution in [0.3, 0.4) is 0 Å². The molecule has 0 bridgehead atoms. The molecule has 0 atom stereocenters. The largest absolute Gasteiger partial charge is 0.495 e. The maximum atomic E-state index is 12.1. The van der Waals surface area contributed by atoms with Gasteiger partial charge in [-0.25, -0.2) is 5.43 Å². The normalized spacial score (nSPS) is 10.5. The van der Waals surface area contributed by atoms with E-state index in [1.54, 1.807) is 30.3 Å². The molecule has 0 aromatic heterocycles. The predicted molar refractivity (Wildman–Crippen MR) is 116 cm³/mol. The lowest BCUT2D eigenvalue weighted by Gasteiger charge is -2.11. The Morgan fingerprint density at radius 1 is 1.03 bits per heavy atom. The summed E-state index contributed by atoms with van der Waals surface area (Å²) in [5, 5.41) is 6.64. The molecule has 0 aliphatic heterocycles. The highest BCUT2D eigenvalue weighted by Crippen LogP contribution is 2.28. The zero-order chi connectivity index (χ0) is 21.9. The number of methoxy groups -OCH3 is 1. The quantitative estimate of drug-likeness (QED) is 0.357. The van der Waals surface area contributed by atoms with Gasteiger partial charge in [0, 0.05) is 5.02 Å². The van der Waals surface area contributed by atoms with Crippen LogP contribution in [0.4, 0.5) is 5.69 Å². The third kappa shape index (κ3) is 6.66. The number of rotatable bonds is 9. The molecule has 160 valence electrons. The van der Waals surface area contributed by atoms with E-state index in [0.29, 0.717) is 41.0 Å². The molecule has 2 aromatic rings. The molecule has 2 amide bonds. The second kappa shape index (κ2) is 11.7. The van der Waals surface area contributed by atoms with Gasteiger partial charge in [0.25, 0.3) is 0 Å². The molecule has 2 rings (SSSR count). The second-order valence-corrected chi connectivity index (χ2v) is 6.42. The van der Waals surface area contributed by atoms with E-state index in [2.05, 4.69) is 15.8 Å². The lowest BCUT2D eigenvalue weighted by Crippen LogP contribution is -2.32. The molecular weight excluding hydrogens is 410 g/mol. The number of amides is 2. The third-order valence-corrected chi connectivity index (χ3v) is 3.96. The van der Waals surface area contributed by atoms with Gasteiger partial charge in [-0.1, -0.05) is 18.5 Å². The van der Waals surface area contributed by atoms with Crippen LogP contribution in [0.1, 0.15) is 25.8 Å². The van der Waals surface area contributed by atoms with Gasteiger partial charge in [-0.2, -0.15) is 5.10 Å². The minimum Gasteiger partial charge on any atom is -0.495 e. The van der Waals surface area contributed by atoms with Crippen molar-refractivity contribution in [1.29, 1.82) is 0 Å². The number of nitrogens with one attached hydrogen (secondary N) is 2. The van der Waals surface area contributed by atoms with Gasteiger partial charge >= 0.3 is 11.8 Å². The Morgan fingerprint density at radius 3 is 2.50 bits per heavy atom. The van der Waals surface area contributed by atoms with Crippen molar-refractivity contribution in [3.8, 4) is 17.2 Å². The van der Waals surface area contributed by atoms with E-state index in [-0.39, 0.29) is 5.69 Å². The topological polar surface area (TPSA) is 98.2 Å². The molecule has 0 saturated carbocycles. The van der Waals surface area contributed by atoms with Crippen molar-refractivity contribution in [3.05, 3.63) is 47.0 Å². The van der Waals surface area contributed by atoms with Crippen molar-refractivity contribution in [2.45, 2.75) is 20.3 Å². The van der Waals surface area contributed by atoms with E-state index in [9.17, 15) is 9.59 Å². The van der Waals surface area contributed by atoms with Gasteiger partial charge in [-0.3, -0.25) is 9.59 Å². The van der Waals surface area contributed by atoms with E-state index in [1.165, 1.54) is 19.4 Å².